The molecule has 2 atom stereocenters. The van der Waals surface area contributed by atoms with E-state index in [9.17, 15) is 4.79 Å². The summed E-state index contributed by atoms with van der Waals surface area (Å²) in [6, 6.07) is 14.2. The molecule has 0 bridgehead atoms. The number of tetrazole rings is 1. The van der Waals surface area contributed by atoms with E-state index in [2.05, 4.69) is 62.7 Å². The van der Waals surface area contributed by atoms with Gasteiger partial charge in [0, 0.05) is 29.8 Å². The number of H-pyrrole nitrogens is 1. The van der Waals surface area contributed by atoms with E-state index in [4.69, 9.17) is 4.74 Å². The van der Waals surface area contributed by atoms with Gasteiger partial charge >= 0.3 is 0 Å². The molecule has 6 rings (SSSR count). The monoisotopic (exact) mass is 470 g/mol. The van der Waals surface area contributed by atoms with E-state index in [1.54, 1.807) is 0 Å². The number of fused-ring (bicyclic) bond motifs is 2. The van der Waals surface area contributed by atoms with Crippen molar-refractivity contribution in [2.45, 2.75) is 58.2 Å². The van der Waals surface area contributed by atoms with Crippen molar-refractivity contribution >= 4 is 16.6 Å². The van der Waals surface area contributed by atoms with E-state index in [-0.39, 0.29) is 11.7 Å². The number of rotatable bonds is 5. The third kappa shape index (κ3) is 3.91. The molecule has 0 saturated carbocycles. The van der Waals surface area contributed by atoms with Crippen LogP contribution in [0, 0.1) is 13.8 Å². The van der Waals surface area contributed by atoms with Gasteiger partial charge < -0.3 is 14.6 Å². The SMILES string of the molecule is Cc1ccc(C)c2[nH]c(=O)c([C@@H](c3nnnn3C[C@@H]3CCCO3)N3CCCc4ccccc43)cc12. The Morgan fingerprint density at radius 1 is 1.14 bits per heavy atom. The van der Waals surface area contributed by atoms with Crippen molar-refractivity contribution < 1.29 is 4.74 Å². The van der Waals surface area contributed by atoms with E-state index in [0.29, 0.717) is 17.9 Å². The molecule has 2 aliphatic rings. The van der Waals surface area contributed by atoms with Crippen LogP contribution in [0.2, 0.25) is 0 Å². The summed E-state index contributed by atoms with van der Waals surface area (Å²) in [6.07, 6.45) is 4.16. The quantitative estimate of drug-likeness (QED) is 0.477. The minimum absolute atomic E-state index is 0.0892. The van der Waals surface area contributed by atoms with Gasteiger partial charge in [0.05, 0.1) is 18.2 Å². The van der Waals surface area contributed by atoms with E-state index >= 15 is 0 Å². The number of aromatic amines is 1. The molecule has 4 aromatic rings. The summed E-state index contributed by atoms with van der Waals surface area (Å²) in [5.41, 5.74) is 6.03. The van der Waals surface area contributed by atoms with Crippen LogP contribution in [0.1, 0.15) is 53.4 Å². The standard InChI is InChI=1S/C27H30N6O2/c1-17-11-12-18(2)24-21(17)15-22(27(34)28-24)25(32-13-5-8-19-7-3-4-10-23(19)32)26-29-30-31-33(26)16-20-9-6-14-35-20/h3-4,7,10-12,15,20,25H,5-6,8-9,13-14,16H2,1-2H3,(H,28,34)/t20-,25-/m0/s1. The van der Waals surface area contributed by atoms with Gasteiger partial charge in [-0.2, -0.15) is 0 Å². The molecule has 1 fully saturated rings. The Kier molecular flexibility index (Phi) is 5.60. The van der Waals surface area contributed by atoms with Gasteiger partial charge in [0.1, 0.15) is 6.04 Å². The van der Waals surface area contributed by atoms with Crippen molar-refractivity contribution in [1.29, 1.82) is 0 Å². The highest BCUT2D eigenvalue weighted by molar-refractivity contribution is 5.85. The zero-order chi connectivity index (χ0) is 23.9. The molecular formula is C27H30N6O2. The minimum Gasteiger partial charge on any atom is -0.376 e. The zero-order valence-corrected chi connectivity index (χ0v) is 20.2. The van der Waals surface area contributed by atoms with Gasteiger partial charge in [0.15, 0.2) is 5.82 Å². The molecule has 0 amide bonds. The minimum atomic E-state index is -0.416. The predicted octanol–water partition coefficient (Wildman–Crippen LogP) is 3.85. The second-order valence-corrected chi connectivity index (χ2v) is 9.72. The van der Waals surface area contributed by atoms with Gasteiger partial charge in [0.25, 0.3) is 5.56 Å². The van der Waals surface area contributed by atoms with Crippen LogP contribution in [-0.2, 0) is 17.7 Å². The van der Waals surface area contributed by atoms with E-state index in [0.717, 1.165) is 66.6 Å². The van der Waals surface area contributed by atoms with Crippen molar-refractivity contribution in [2.24, 2.45) is 0 Å². The number of ether oxygens (including phenoxy) is 1. The van der Waals surface area contributed by atoms with Crippen LogP contribution in [0.15, 0.2) is 47.3 Å². The first kappa shape index (κ1) is 22.0. The lowest BCUT2D eigenvalue weighted by Gasteiger charge is -2.37. The number of pyridine rings is 1. The van der Waals surface area contributed by atoms with Crippen molar-refractivity contribution in [3.05, 3.63) is 80.9 Å². The maximum Gasteiger partial charge on any atom is 0.254 e. The van der Waals surface area contributed by atoms with Crippen molar-refractivity contribution in [2.75, 3.05) is 18.1 Å². The molecule has 0 spiro atoms. The molecule has 8 nitrogen and oxygen atoms in total. The normalized spacial score (nSPS) is 18.7. The molecule has 1 N–H and O–H groups in total. The lowest BCUT2D eigenvalue weighted by molar-refractivity contribution is 0.0924. The van der Waals surface area contributed by atoms with Gasteiger partial charge in [-0.3, -0.25) is 4.79 Å². The Bertz CT molecular complexity index is 1440. The fourth-order valence-corrected chi connectivity index (χ4v) is 5.59. The fourth-order valence-electron chi connectivity index (χ4n) is 5.59. The number of anilines is 1. The molecule has 0 radical (unpaired) electrons. The molecule has 2 aromatic carbocycles. The van der Waals surface area contributed by atoms with Crippen LogP contribution in [-0.4, -0.2) is 44.4 Å². The highest BCUT2D eigenvalue weighted by Crippen LogP contribution is 2.37. The summed E-state index contributed by atoms with van der Waals surface area (Å²) in [6.45, 7) is 6.28. The smallest absolute Gasteiger partial charge is 0.254 e. The second kappa shape index (κ2) is 8.92. The summed E-state index contributed by atoms with van der Waals surface area (Å²) >= 11 is 0. The summed E-state index contributed by atoms with van der Waals surface area (Å²) < 4.78 is 7.72. The van der Waals surface area contributed by atoms with Crippen molar-refractivity contribution in [3.63, 3.8) is 0 Å². The van der Waals surface area contributed by atoms with Crippen LogP contribution in [0.3, 0.4) is 0 Å². The Morgan fingerprint density at radius 3 is 2.86 bits per heavy atom. The number of hydrogen-bond donors (Lipinski definition) is 1. The molecular weight excluding hydrogens is 440 g/mol. The number of aryl methyl sites for hydroxylation is 3. The third-order valence-electron chi connectivity index (χ3n) is 7.43. The van der Waals surface area contributed by atoms with Crippen LogP contribution in [0.4, 0.5) is 5.69 Å². The average Bonchev–Trinajstić information content (AvgIpc) is 3.55. The lowest BCUT2D eigenvalue weighted by atomic mass is 9.95. The number of hydrogen-bond acceptors (Lipinski definition) is 6. The van der Waals surface area contributed by atoms with E-state index in [1.165, 1.54) is 5.56 Å². The third-order valence-corrected chi connectivity index (χ3v) is 7.43. The van der Waals surface area contributed by atoms with Gasteiger partial charge in [-0.1, -0.05) is 30.3 Å². The van der Waals surface area contributed by atoms with E-state index in [1.807, 2.05) is 23.7 Å². The first-order chi connectivity index (χ1) is 17.1. The second-order valence-electron chi connectivity index (χ2n) is 9.72. The first-order valence-corrected chi connectivity index (χ1v) is 12.5. The molecule has 2 aromatic heterocycles. The van der Waals surface area contributed by atoms with Crippen LogP contribution >= 0.6 is 0 Å². The highest BCUT2D eigenvalue weighted by Gasteiger charge is 2.34. The molecule has 0 unspecified atom stereocenters. The molecule has 2 aliphatic heterocycles. The largest absolute Gasteiger partial charge is 0.376 e. The molecule has 4 heterocycles. The van der Waals surface area contributed by atoms with Crippen molar-refractivity contribution in [1.82, 2.24) is 25.2 Å². The van der Waals surface area contributed by atoms with E-state index < -0.39 is 6.04 Å². The number of aromatic nitrogens is 5. The fraction of sp³-hybridized carbons (Fsp3) is 0.407. The zero-order valence-electron chi connectivity index (χ0n) is 20.2. The summed E-state index contributed by atoms with van der Waals surface area (Å²) in [5, 5.41) is 13.9. The number of benzene rings is 2. The van der Waals surface area contributed by atoms with Gasteiger partial charge in [0.2, 0.25) is 0 Å². The molecule has 8 heteroatoms. The summed E-state index contributed by atoms with van der Waals surface area (Å²) in [5.74, 6) is 0.673. The van der Waals surface area contributed by atoms with Gasteiger partial charge in [-0.05, 0) is 78.8 Å². The predicted molar refractivity (Wildman–Crippen MR) is 135 cm³/mol. The number of para-hydroxylation sites is 1. The first-order valence-electron chi connectivity index (χ1n) is 12.5. The van der Waals surface area contributed by atoms with Crippen molar-refractivity contribution in [3.8, 4) is 0 Å². The van der Waals surface area contributed by atoms with Crippen LogP contribution in [0.5, 0.6) is 0 Å². The van der Waals surface area contributed by atoms with Gasteiger partial charge in [-0.15, -0.1) is 5.10 Å². The summed E-state index contributed by atoms with van der Waals surface area (Å²) in [7, 11) is 0. The van der Waals surface area contributed by atoms with Gasteiger partial charge in [-0.25, -0.2) is 4.68 Å². The maximum absolute atomic E-state index is 13.7. The highest BCUT2D eigenvalue weighted by atomic mass is 16.5. The summed E-state index contributed by atoms with van der Waals surface area (Å²) in [4.78, 5) is 19.1. The molecule has 35 heavy (non-hydrogen) atoms. The average molecular weight is 471 g/mol. The number of nitrogens with one attached hydrogen (secondary N) is 1. The maximum atomic E-state index is 13.7. The Hall–Kier alpha value is -3.52. The van der Waals surface area contributed by atoms with Crippen LogP contribution in [0.25, 0.3) is 10.9 Å². The molecule has 180 valence electrons. The Balaban J connectivity index is 1.55. The topological polar surface area (TPSA) is 88.9 Å². The molecule has 0 aliphatic carbocycles. The molecule has 1 saturated heterocycles. The lowest BCUT2D eigenvalue weighted by Crippen LogP contribution is -2.39. The number of nitrogens with zero attached hydrogens (tertiary/aromatic N) is 5. The Morgan fingerprint density at radius 2 is 2.00 bits per heavy atom. The Labute approximate surface area is 203 Å². The van der Waals surface area contributed by atoms with Crippen LogP contribution < -0.4 is 10.5 Å².